The quantitative estimate of drug-likeness (QED) is 0.450. The van der Waals surface area contributed by atoms with E-state index in [2.05, 4.69) is 0 Å². The van der Waals surface area contributed by atoms with E-state index in [9.17, 15) is 36.3 Å². The van der Waals surface area contributed by atoms with E-state index in [1.54, 1.807) is 6.92 Å². The molecule has 180 valence electrons. The number of amides is 2. The van der Waals surface area contributed by atoms with Gasteiger partial charge >= 0.3 is 0 Å². The lowest BCUT2D eigenvalue weighted by atomic mass is 10.0. The normalized spacial score (nSPS) is 17.0. The Hall–Kier alpha value is -2.99. The van der Waals surface area contributed by atoms with Crippen molar-refractivity contribution in [1.82, 2.24) is 9.47 Å². The van der Waals surface area contributed by atoms with Gasteiger partial charge in [-0.2, -0.15) is 0 Å². The lowest BCUT2D eigenvalue weighted by Crippen LogP contribution is -2.44. The first-order chi connectivity index (χ1) is 15.1. The number of imide groups is 1. The van der Waals surface area contributed by atoms with Crippen molar-refractivity contribution in [3.8, 4) is 5.88 Å². The fourth-order valence-electron chi connectivity index (χ4n) is 3.71. The average molecular weight is 499 g/mol. The minimum atomic E-state index is -3.93. The summed E-state index contributed by atoms with van der Waals surface area (Å²) in [5, 5.41) is 10.3. The second kappa shape index (κ2) is 9.10. The summed E-state index contributed by atoms with van der Waals surface area (Å²) in [6.07, 6.45) is 5.62. The maximum atomic E-state index is 12.8. The number of rotatable bonds is 6. The molecular formula is C21H26N2O8S2. The largest absolute Gasteiger partial charge is 0.493 e. The highest BCUT2D eigenvalue weighted by Gasteiger charge is 2.38. The number of hydrogen-bond acceptors (Lipinski definition) is 8. The first-order valence-corrected chi connectivity index (χ1v) is 13.7. The average Bonchev–Trinajstić information content (AvgIpc) is 2.65. The first kappa shape index (κ1) is 26.3. The number of nitrogens with zero attached hydrogens (tertiary/aromatic N) is 2. The van der Waals surface area contributed by atoms with Gasteiger partial charge in [-0.05, 0) is 51.0 Å². The molecule has 1 aliphatic rings. The van der Waals surface area contributed by atoms with E-state index >= 15 is 0 Å². The minimum absolute atomic E-state index is 0.0149. The van der Waals surface area contributed by atoms with Crippen LogP contribution < -0.4 is 5.56 Å². The molecule has 0 unspecified atom stereocenters. The van der Waals surface area contributed by atoms with Crippen LogP contribution in [-0.4, -0.2) is 62.3 Å². The Kier molecular flexibility index (Phi) is 7.24. The smallest absolute Gasteiger partial charge is 0.272 e. The van der Waals surface area contributed by atoms with Crippen LogP contribution in [-0.2, 0) is 35.8 Å². The number of carbonyl (C=O) groups is 2. The van der Waals surface area contributed by atoms with Gasteiger partial charge in [0, 0.05) is 36.7 Å². The summed E-state index contributed by atoms with van der Waals surface area (Å²) in [5.74, 6) is -2.25. The summed E-state index contributed by atoms with van der Waals surface area (Å²) >= 11 is 0. The van der Waals surface area contributed by atoms with Crippen LogP contribution >= 0.6 is 0 Å². The van der Waals surface area contributed by atoms with Crippen LogP contribution in [0.25, 0.3) is 6.08 Å². The van der Waals surface area contributed by atoms with Gasteiger partial charge in [0.1, 0.15) is 9.80 Å². The Morgan fingerprint density at radius 3 is 1.94 bits per heavy atom. The monoisotopic (exact) mass is 498 g/mol. The van der Waals surface area contributed by atoms with Gasteiger partial charge in [0.25, 0.3) is 17.4 Å². The molecular weight excluding hydrogens is 472 g/mol. The Labute approximate surface area is 192 Å². The number of pyridine rings is 1. The summed E-state index contributed by atoms with van der Waals surface area (Å²) < 4.78 is 49.6. The third-order valence-electron chi connectivity index (χ3n) is 5.24. The molecule has 1 aromatic heterocycles. The van der Waals surface area contributed by atoms with Crippen molar-refractivity contribution in [2.24, 2.45) is 0 Å². The first-order valence-electron chi connectivity index (χ1n) is 9.91. The van der Waals surface area contributed by atoms with E-state index in [0.717, 1.165) is 22.0 Å². The number of hydrogen-bond donors (Lipinski definition) is 1. The van der Waals surface area contributed by atoms with Gasteiger partial charge in [-0.15, -0.1) is 0 Å². The van der Waals surface area contributed by atoms with Gasteiger partial charge in [0.2, 0.25) is 5.88 Å². The van der Waals surface area contributed by atoms with E-state index in [1.807, 2.05) is 0 Å². The molecule has 0 aromatic carbocycles. The molecule has 1 aliphatic heterocycles. The number of aromatic hydroxyl groups is 1. The Morgan fingerprint density at radius 1 is 0.909 bits per heavy atom. The number of allylic oxidation sites excluding steroid dienone is 2. The highest BCUT2D eigenvalue weighted by atomic mass is 32.2. The van der Waals surface area contributed by atoms with Crippen molar-refractivity contribution < 1.29 is 31.5 Å². The highest BCUT2D eigenvalue weighted by Crippen LogP contribution is 2.29. The van der Waals surface area contributed by atoms with E-state index in [0.29, 0.717) is 0 Å². The van der Waals surface area contributed by atoms with Crippen LogP contribution in [0.15, 0.2) is 37.9 Å². The Balaban J connectivity index is 2.78. The second-order valence-corrected chi connectivity index (χ2v) is 11.4. The zero-order valence-electron chi connectivity index (χ0n) is 19.2. The lowest BCUT2D eigenvalue weighted by Gasteiger charge is -2.27. The van der Waals surface area contributed by atoms with Crippen molar-refractivity contribution in [3.05, 3.63) is 49.7 Å². The lowest BCUT2D eigenvalue weighted by molar-refractivity contribution is -0.139. The standard InChI is InChI=1S/C21H26N2O8S2/c1-7-22-18(24)14(12(3)16(20(22)26)32(5,28)29)10-9-11-15-13(4)17(33(6,30)31)21(27)23(8-2)19(15)25/h9-11,26H,7-8H2,1-6H3/b10-9+,15-11-. The van der Waals surface area contributed by atoms with Gasteiger partial charge in [0.05, 0.1) is 0 Å². The minimum Gasteiger partial charge on any atom is -0.493 e. The van der Waals surface area contributed by atoms with Gasteiger partial charge in [-0.3, -0.25) is 23.9 Å². The Morgan fingerprint density at radius 2 is 1.48 bits per heavy atom. The van der Waals surface area contributed by atoms with Crippen molar-refractivity contribution in [1.29, 1.82) is 0 Å². The molecule has 0 saturated carbocycles. The second-order valence-electron chi connectivity index (χ2n) is 7.53. The van der Waals surface area contributed by atoms with Gasteiger partial charge in [-0.25, -0.2) is 16.8 Å². The van der Waals surface area contributed by atoms with E-state index in [-0.39, 0.29) is 40.3 Å². The zero-order chi connectivity index (χ0) is 25.5. The summed E-state index contributed by atoms with van der Waals surface area (Å²) in [7, 11) is -7.80. The molecule has 33 heavy (non-hydrogen) atoms. The number of aromatic nitrogens is 1. The van der Waals surface area contributed by atoms with Crippen LogP contribution in [0.4, 0.5) is 0 Å². The Bertz CT molecular complexity index is 1410. The summed E-state index contributed by atoms with van der Waals surface area (Å²) in [4.78, 5) is 38.0. The molecule has 0 aliphatic carbocycles. The number of sulfone groups is 2. The fourth-order valence-corrected chi connectivity index (χ4v) is 5.91. The molecule has 0 radical (unpaired) electrons. The van der Waals surface area contributed by atoms with Crippen LogP contribution in [0.2, 0.25) is 0 Å². The third-order valence-corrected chi connectivity index (χ3v) is 7.69. The summed E-state index contributed by atoms with van der Waals surface area (Å²) in [5.41, 5.74) is -0.706. The molecule has 0 atom stereocenters. The summed E-state index contributed by atoms with van der Waals surface area (Å²) in [6.45, 7) is 5.79. The van der Waals surface area contributed by atoms with Crippen molar-refractivity contribution in [2.75, 3.05) is 19.1 Å². The van der Waals surface area contributed by atoms with Crippen LogP contribution in [0.5, 0.6) is 5.88 Å². The van der Waals surface area contributed by atoms with Crippen molar-refractivity contribution >= 4 is 37.6 Å². The molecule has 2 heterocycles. The van der Waals surface area contributed by atoms with Crippen LogP contribution in [0.1, 0.15) is 31.9 Å². The van der Waals surface area contributed by atoms with Crippen molar-refractivity contribution in [3.63, 3.8) is 0 Å². The fraction of sp³-hybridized carbons (Fsp3) is 0.381. The SMILES string of the molecule is CCN1C(=O)C(S(C)(=O)=O)=C(C)/C(=C/C=C/c2c(C)c(S(C)(=O)=O)c(O)n(CC)c2=O)C1=O. The third kappa shape index (κ3) is 4.71. The van der Waals surface area contributed by atoms with E-state index in [1.165, 1.54) is 39.0 Å². The molecule has 1 aromatic rings. The highest BCUT2D eigenvalue weighted by molar-refractivity contribution is 7.95. The molecule has 0 fully saturated rings. The van der Waals surface area contributed by atoms with E-state index in [4.69, 9.17) is 0 Å². The summed E-state index contributed by atoms with van der Waals surface area (Å²) in [6, 6.07) is 0. The number of carbonyl (C=O) groups excluding carboxylic acids is 2. The molecule has 1 N–H and O–H groups in total. The van der Waals surface area contributed by atoms with Crippen molar-refractivity contribution in [2.45, 2.75) is 39.1 Å². The number of likely N-dealkylation sites (N-methyl/N-ethyl adjacent to an activating group) is 1. The maximum absolute atomic E-state index is 12.8. The molecule has 0 spiro atoms. The molecule has 0 bridgehead atoms. The molecule has 12 heteroatoms. The predicted octanol–water partition coefficient (Wildman–Crippen LogP) is 0.933. The molecule has 0 saturated heterocycles. The molecule has 2 amide bonds. The topological polar surface area (TPSA) is 148 Å². The zero-order valence-corrected chi connectivity index (χ0v) is 20.8. The maximum Gasteiger partial charge on any atom is 0.272 e. The van der Waals surface area contributed by atoms with Crippen LogP contribution in [0, 0.1) is 6.92 Å². The van der Waals surface area contributed by atoms with Gasteiger partial charge < -0.3 is 5.11 Å². The predicted molar refractivity (Wildman–Crippen MR) is 123 cm³/mol. The van der Waals surface area contributed by atoms with Gasteiger partial charge in [0.15, 0.2) is 19.7 Å². The van der Waals surface area contributed by atoms with E-state index < -0.39 is 47.8 Å². The molecule has 10 nitrogen and oxygen atoms in total. The molecule has 2 rings (SSSR count). The van der Waals surface area contributed by atoms with Crippen LogP contribution in [0.3, 0.4) is 0 Å². The van der Waals surface area contributed by atoms with Gasteiger partial charge in [-0.1, -0.05) is 6.08 Å².